The van der Waals surface area contributed by atoms with Crippen molar-refractivity contribution in [2.75, 3.05) is 12.3 Å². The maximum atomic E-state index is 11.7. The molecule has 0 spiro atoms. The molecule has 120 valence electrons. The molecule has 0 radical (unpaired) electrons. The van der Waals surface area contributed by atoms with Crippen LogP contribution in [0.5, 0.6) is 0 Å². The number of aryl methyl sites for hydroxylation is 1. The van der Waals surface area contributed by atoms with E-state index in [2.05, 4.69) is 36.5 Å². The van der Waals surface area contributed by atoms with Crippen molar-refractivity contribution < 1.29 is 4.79 Å². The maximum absolute atomic E-state index is 11.7. The zero-order chi connectivity index (χ0) is 16.5. The first kappa shape index (κ1) is 17.6. The Morgan fingerprint density at radius 1 is 1.22 bits per heavy atom. The van der Waals surface area contributed by atoms with Crippen molar-refractivity contribution in [2.45, 2.75) is 12.7 Å². The first-order valence-corrected chi connectivity index (χ1v) is 9.01. The molecular weight excluding hydrogens is 326 g/mol. The van der Waals surface area contributed by atoms with Crippen molar-refractivity contribution >= 4 is 35.3 Å². The number of hydrogen-bond acceptors (Lipinski definition) is 2. The average Bonchev–Trinajstić information content (AvgIpc) is 2.54. The summed E-state index contributed by atoms with van der Waals surface area (Å²) in [6.07, 6.45) is 3.33. The summed E-state index contributed by atoms with van der Waals surface area (Å²) in [5.74, 6) is 1.79. The van der Waals surface area contributed by atoms with Gasteiger partial charge in [-0.2, -0.15) is 11.8 Å². The zero-order valence-corrected chi connectivity index (χ0v) is 14.7. The molecule has 2 aromatic rings. The smallest absolute Gasteiger partial charge is 0.244 e. The largest absolute Gasteiger partial charge is 0.352 e. The van der Waals surface area contributed by atoms with Gasteiger partial charge in [-0.15, -0.1) is 0 Å². The SMILES string of the molecule is Cc1cccc(CSCCNC(=O)/C=C/c2ccc(Cl)cc2)c1. The molecule has 4 heteroatoms. The standard InChI is InChI=1S/C19H20ClNOS/c1-15-3-2-4-17(13-15)14-23-12-11-21-19(22)10-7-16-5-8-18(20)9-6-16/h2-10,13H,11-12,14H2,1H3,(H,21,22)/b10-7+. The van der Waals surface area contributed by atoms with Crippen molar-refractivity contribution in [3.8, 4) is 0 Å². The van der Waals surface area contributed by atoms with Gasteiger partial charge in [-0.25, -0.2) is 0 Å². The fraction of sp³-hybridized carbons (Fsp3) is 0.211. The van der Waals surface area contributed by atoms with Crippen LogP contribution in [-0.2, 0) is 10.5 Å². The van der Waals surface area contributed by atoms with E-state index in [-0.39, 0.29) is 5.91 Å². The minimum Gasteiger partial charge on any atom is -0.352 e. The van der Waals surface area contributed by atoms with E-state index in [4.69, 9.17) is 11.6 Å². The van der Waals surface area contributed by atoms with Gasteiger partial charge in [0.1, 0.15) is 0 Å². The Morgan fingerprint density at radius 3 is 2.74 bits per heavy atom. The van der Waals surface area contributed by atoms with Gasteiger partial charge in [-0.3, -0.25) is 4.79 Å². The summed E-state index contributed by atoms with van der Waals surface area (Å²) in [5.41, 5.74) is 3.56. The van der Waals surface area contributed by atoms with Gasteiger partial charge in [-0.1, -0.05) is 53.6 Å². The quantitative estimate of drug-likeness (QED) is 0.581. The Balaban J connectivity index is 1.64. The van der Waals surface area contributed by atoms with E-state index in [0.29, 0.717) is 11.6 Å². The average molecular weight is 346 g/mol. The third-order valence-electron chi connectivity index (χ3n) is 3.19. The van der Waals surface area contributed by atoms with E-state index in [1.165, 1.54) is 11.1 Å². The predicted octanol–water partition coefficient (Wildman–Crippen LogP) is 4.71. The number of benzene rings is 2. The summed E-state index contributed by atoms with van der Waals surface area (Å²) in [5, 5.41) is 3.58. The number of thioether (sulfide) groups is 1. The molecule has 0 saturated carbocycles. The van der Waals surface area contributed by atoms with Gasteiger partial charge in [0.25, 0.3) is 0 Å². The first-order valence-electron chi connectivity index (χ1n) is 7.48. The molecule has 2 rings (SSSR count). The Labute approximate surface area is 146 Å². The third kappa shape index (κ3) is 6.93. The summed E-state index contributed by atoms with van der Waals surface area (Å²) >= 11 is 7.64. The second-order valence-electron chi connectivity index (χ2n) is 5.22. The van der Waals surface area contributed by atoms with Crippen LogP contribution in [0.2, 0.25) is 5.02 Å². The molecule has 23 heavy (non-hydrogen) atoms. The molecule has 0 fully saturated rings. The Kier molecular flexibility index (Phi) is 7.24. The van der Waals surface area contributed by atoms with Crippen LogP contribution in [0.4, 0.5) is 0 Å². The molecule has 1 N–H and O–H groups in total. The lowest BCUT2D eigenvalue weighted by molar-refractivity contribution is -0.116. The topological polar surface area (TPSA) is 29.1 Å². The van der Waals surface area contributed by atoms with Crippen molar-refractivity contribution in [3.63, 3.8) is 0 Å². The van der Waals surface area contributed by atoms with Gasteiger partial charge in [0.2, 0.25) is 5.91 Å². The molecule has 0 aliphatic rings. The molecule has 0 bridgehead atoms. The van der Waals surface area contributed by atoms with Crippen LogP contribution in [0.15, 0.2) is 54.6 Å². The van der Waals surface area contributed by atoms with Crippen molar-refractivity contribution in [3.05, 3.63) is 76.3 Å². The molecule has 0 atom stereocenters. The van der Waals surface area contributed by atoms with Gasteiger partial charge >= 0.3 is 0 Å². The minimum atomic E-state index is -0.0731. The van der Waals surface area contributed by atoms with Crippen LogP contribution in [0.25, 0.3) is 6.08 Å². The van der Waals surface area contributed by atoms with E-state index >= 15 is 0 Å². The molecule has 2 nitrogen and oxygen atoms in total. The highest BCUT2D eigenvalue weighted by atomic mass is 35.5. The molecular formula is C19H20ClNOS. The molecule has 1 amide bonds. The Bertz CT molecular complexity index is 667. The highest BCUT2D eigenvalue weighted by Gasteiger charge is 1.97. The number of carbonyl (C=O) groups is 1. The van der Waals surface area contributed by atoms with Gasteiger partial charge in [0.15, 0.2) is 0 Å². The Morgan fingerprint density at radius 2 is 2.00 bits per heavy atom. The number of nitrogens with one attached hydrogen (secondary N) is 1. The van der Waals surface area contributed by atoms with Gasteiger partial charge in [-0.05, 0) is 36.3 Å². The lowest BCUT2D eigenvalue weighted by Crippen LogP contribution is -2.23. The summed E-state index contributed by atoms with van der Waals surface area (Å²) in [6.45, 7) is 2.77. The van der Waals surface area contributed by atoms with Crippen LogP contribution >= 0.6 is 23.4 Å². The fourth-order valence-corrected chi connectivity index (χ4v) is 2.98. The molecule has 0 aliphatic carbocycles. The van der Waals surface area contributed by atoms with E-state index in [1.807, 2.05) is 23.9 Å². The summed E-state index contributed by atoms with van der Waals surface area (Å²) in [6, 6.07) is 15.9. The van der Waals surface area contributed by atoms with Crippen molar-refractivity contribution in [1.29, 1.82) is 0 Å². The second-order valence-corrected chi connectivity index (χ2v) is 6.76. The van der Waals surface area contributed by atoms with Gasteiger partial charge < -0.3 is 5.32 Å². The molecule has 0 heterocycles. The lowest BCUT2D eigenvalue weighted by atomic mass is 10.2. The highest BCUT2D eigenvalue weighted by molar-refractivity contribution is 7.98. The normalized spacial score (nSPS) is 10.9. The molecule has 2 aromatic carbocycles. The first-order chi connectivity index (χ1) is 11.1. The van der Waals surface area contributed by atoms with Crippen LogP contribution < -0.4 is 5.32 Å². The summed E-state index contributed by atoms with van der Waals surface area (Å²) in [7, 11) is 0. The molecule has 0 unspecified atom stereocenters. The van der Waals surface area contributed by atoms with Crippen molar-refractivity contribution in [2.24, 2.45) is 0 Å². The molecule has 0 aliphatic heterocycles. The van der Waals surface area contributed by atoms with Crippen molar-refractivity contribution in [1.82, 2.24) is 5.32 Å². The number of rotatable bonds is 7. The lowest BCUT2D eigenvalue weighted by Gasteiger charge is -2.04. The molecule has 0 aromatic heterocycles. The Hall–Kier alpha value is -1.71. The fourth-order valence-electron chi connectivity index (χ4n) is 2.04. The van der Waals surface area contributed by atoms with E-state index in [1.54, 1.807) is 24.3 Å². The van der Waals surface area contributed by atoms with Gasteiger partial charge in [0, 0.05) is 29.1 Å². The number of carbonyl (C=O) groups excluding carboxylic acids is 1. The summed E-state index contributed by atoms with van der Waals surface area (Å²) in [4.78, 5) is 11.7. The maximum Gasteiger partial charge on any atom is 0.244 e. The number of halogens is 1. The second kappa shape index (κ2) is 9.43. The van der Waals surface area contributed by atoms with Crippen LogP contribution in [-0.4, -0.2) is 18.2 Å². The number of amides is 1. The number of hydrogen-bond donors (Lipinski definition) is 1. The molecule has 0 saturated heterocycles. The third-order valence-corrected chi connectivity index (χ3v) is 4.48. The predicted molar refractivity (Wildman–Crippen MR) is 101 cm³/mol. The monoisotopic (exact) mass is 345 g/mol. The van der Waals surface area contributed by atoms with E-state index < -0.39 is 0 Å². The highest BCUT2D eigenvalue weighted by Crippen LogP contribution is 2.13. The van der Waals surface area contributed by atoms with Crippen LogP contribution in [0, 0.1) is 6.92 Å². The van der Waals surface area contributed by atoms with Gasteiger partial charge in [0.05, 0.1) is 0 Å². The summed E-state index contributed by atoms with van der Waals surface area (Å²) < 4.78 is 0. The zero-order valence-electron chi connectivity index (χ0n) is 13.1. The van der Waals surface area contributed by atoms with E-state index in [9.17, 15) is 4.79 Å². The minimum absolute atomic E-state index is 0.0731. The van der Waals surface area contributed by atoms with E-state index in [0.717, 1.165) is 17.1 Å². The van der Waals surface area contributed by atoms with Crippen LogP contribution in [0.1, 0.15) is 16.7 Å². The van der Waals surface area contributed by atoms with Crippen LogP contribution in [0.3, 0.4) is 0 Å².